The van der Waals surface area contributed by atoms with Gasteiger partial charge in [0.2, 0.25) is 0 Å². The SMILES string of the molecule is C=C(CN1CCCC1)c1cc(C(C)=O)c(O)cc1CC(C)C(C)C. The minimum absolute atomic E-state index is 0.0891. The van der Waals surface area contributed by atoms with E-state index in [1.807, 2.05) is 6.07 Å². The van der Waals surface area contributed by atoms with Crippen LogP contribution in [0.5, 0.6) is 5.75 Å². The maximum absolute atomic E-state index is 11.8. The minimum atomic E-state index is -0.105. The molecule has 0 spiro atoms. The van der Waals surface area contributed by atoms with Gasteiger partial charge < -0.3 is 5.11 Å². The maximum atomic E-state index is 11.8. The highest BCUT2D eigenvalue weighted by Gasteiger charge is 2.19. The zero-order valence-electron chi connectivity index (χ0n) is 15.6. The number of benzene rings is 1. The summed E-state index contributed by atoms with van der Waals surface area (Å²) in [6, 6.07) is 3.62. The van der Waals surface area contributed by atoms with Crippen molar-refractivity contribution in [2.24, 2.45) is 11.8 Å². The Morgan fingerprint density at radius 1 is 1.21 bits per heavy atom. The van der Waals surface area contributed by atoms with E-state index in [9.17, 15) is 9.90 Å². The van der Waals surface area contributed by atoms with Crippen LogP contribution in [0.25, 0.3) is 5.57 Å². The summed E-state index contributed by atoms with van der Waals surface area (Å²) in [6.07, 6.45) is 3.38. The summed E-state index contributed by atoms with van der Waals surface area (Å²) in [5, 5.41) is 10.2. The fourth-order valence-corrected chi connectivity index (χ4v) is 3.29. The molecule has 1 fully saturated rings. The minimum Gasteiger partial charge on any atom is -0.507 e. The molecule has 0 saturated carbocycles. The number of aromatic hydroxyl groups is 1. The van der Waals surface area contributed by atoms with Crippen LogP contribution >= 0.6 is 0 Å². The van der Waals surface area contributed by atoms with Crippen LogP contribution in [0.15, 0.2) is 18.7 Å². The summed E-state index contributed by atoms with van der Waals surface area (Å²) in [5.74, 6) is 1.06. The summed E-state index contributed by atoms with van der Waals surface area (Å²) in [5.41, 5.74) is 3.58. The van der Waals surface area contributed by atoms with Gasteiger partial charge in [0.25, 0.3) is 0 Å². The molecule has 132 valence electrons. The summed E-state index contributed by atoms with van der Waals surface area (Å²) < 4.78 is 0. The molecule has 3 heteroatoms. The molecule has 1 saturated heterocycles. The Bertz CT molecular complexity index is 613. The van der Waals surface area contributed by atoms with E-state index >= 15 is 0 Å². The maximum Gasteiger partial charge on any atom is 0.163 e. The van der Waals surface area contributed by atoms with Crippen LogP contribution in [0.3, 0.4) is 0 Å². The monoisotopic (exact) mass is 329 g/mol. The van der Waals surface area contributed by atoms with Gasteiger partial charge in [-0.15, -0.1) is 0 Å². The highest BCUT2D eigenvalue weighted by molar-refractivity contribution is 5.98. The van der Waals surface area contributed by atoms with Gasteiger partial charge in [-0.05, 0) is 79.9 Å². The van der Waals surface area contributed by atoms with Crippen molar-refractivity contribution in [3.05, 3.63) is 35.4 Å². The second kappa shape index (κ2) is 7.98. The number of hydrogen-bond acceptors (Lipinski definition) is 3. The largest absolute Gasteiger partial charge is 0.507 e. The predicted molar refractivity (Wildman–Crippen MR) is 101 cm³/mol. The Morgan fingerprint density at radius 3 is 2.38 bits per heavy atom. The number of hydrogen-bond donors (Lipinski definition) is 1. The Morgan fingerprint density at radius 2 is 1.83 bits per heavy atom. The molecule has 24 heavy (non-hydrogen) atoms. The van der Waals surface area contributed by atoms with Gasteiger partial charge in [0.15, 0.2) is 5.78 Å². The first-order valence-electron chi connectivity index (χ1n) is 9.07. The zero-order chi connectivity index (χ0) is 17.9. The average molecular weight is 329 g/mol. The number of rotatable bonds is 7. The molecule has 1 aliphatic rings. The summed E-state index contributed by atoms with van der Waals surface area (Å²) in [4.78, 5) is 14.2. The lowest BCUT2D eigenvalue weighted by molar-refractivity contribution is 0.101. The fourth-order valence-electron chi connectivity index (χ4n) is 3.29. The van der Waals surface area contributed by atoms with Gasteiger partial charge in [0.1, 0.15) is 5.75 Å². The summed E-state index contributed by atoms with van der Waals surface area (Å²) >= 11 is 0. The Balaban J connectivity index is 2.34. The normalized spacial score (nSPS) is 16.5. The van der Waals surface area contributed by atoms with Crippen LogP contribution in [0.2, 0.25) is 0 Å². The van der Waals surface area contributed by atoms with Crippen molar-refractivity contribution in [3.63, 3.8) is 0 Å². The van der Waals surface area contributed by atoms with E-state index in [1.165, 1.54) is 19.8 Å². The lowest BCUT2D eigenvalue weighted by atomic mass is 9.86. The third-order valence-electron chi connectivity index (χ3n) is 5.27. The van der Waals surface area contributed by atoms with Gasteiger partial charge >= 0.3 is 0 Å². The van der Waals surface area contributed by atoms with E-state index < -0.39 is 0 Å². The average Bonchev–Trinajstić information content (AvgIpc) is 2.99. The molecular weight excluding hydrogens is 298 g/mol. The lowest BCUT2D eigenvalue weighted by Gasteiger charge is -2.22. The van der Waals surface area contributed by atoms with E-state index in [1.54, 1.807) is 6.07 Å². The fraction of sp³-hybridized carbons (Fsp3) is 0.571. The van der Waals surface area contributed by atoms with Crippen LogP contribution in [-0.4, -0.2) is 35.4 Å². The predicted octanol–water partition coefficient (Wildman–Crippen LogP) is 4.54. The molecule has 1 aromatic rings. The molecule has 1 heterocycles. The van der Waals surface area contributed by atoms with Crippen molar-refractivity contribution < 1.29 is 9.90 Å². The van der Waals surface area contributed by atoms with E-state index in [2.05, 4.69) is 32.3 Å². The third-order valence-corrected chi connectivity index (χ3v) is 5.27. The van der Waals surface area contributed by atoms with Crippen LogP contribution in [0, 0.1) is 11.8 Å². The van der Waals surface area contributed by atoms with Gasteiger partial charge in [-0.2, -0.15) is 0 Å². The molecule has 0 aliphatic carbocycles. The van der Waals surface area contributed by atoms with E-state index in [0.717, 1.165) is 42.8 Å². The molecule has 1 N–H and O–H groups in total. The molecule has 1 aromatic carbocycles. The van der Waals surface area contributed by atoms with Crippen LogP contribution in [0.4, 0.5) is 0 Å². The molecular formula is C21H31NO2. The first-order chi connectivity index (χ1) is 11.3. The number of phenols is 1. The molecule has 1 aliphatic heterocycles. The number of Topliss-reactive ketones (excluding diaryl/α,β-unsaturated/α-hetero) is 1. The van der Waals surface area contributed by atoms with Gasteiger partial charge in [0.05, 0.1) is 5.56 Å². The lowest BCUT2D eigenvalue weighted by Crippen LogP contribution is -2.22. The van der Waals surface area contributed by atoms with Gasteiger partial charge in [-0.1, -0.05) is 27.4 Å². The second-order valence-corrected chi connectivity index (χ2v) is 7.59. The van der Waals surface area contributed by atoms with Crippen LogP contribution < -0.4 is 0 Å². The molecule has 0 amide bonds. The molecule has 0 aromatic heterocycles. The number of carbonyl (C=O) groups is 1. The summed E-state index contributed by atoms with van der Waals surface area (Å²) in [6.45, 7) is 15.5. The molecule has 1 atom stereocenters. The molecule has 2 rings (SSSR count). The Hall–Kier alpha value is -1.61. The van der Waals surface area contributed by atoms with Gasteiger partial charge in [-0.25, -0.2) is 0 Å². The van der Waals surface area contributed by atoms with Crippen molar-refractivity contribution in [1.29, 1.82) is 0 Å². The highest BCUT2D eigenvalue weighted by Crippen LogP contribution is 2.31. The van der Waals surface area contributed by atoms with Gasteiger partial charge in [0, 0.05) is 6.54 Å². The molecule has 0 radical (unpaired) electrons. The zero-order valence-corrected chi connectivity index (χ0v) is 15.6. The number of nitrogens with zero attached hydrogens (tertiary/aromatic N) is 1. The van der Waals surface area contributed by atoms with Gasteiger partial charge in [-0.3, -0.25) is 9.69 Å². The van der Waals surface area contributed by atoms with E-state index in [-0.39, 0.29) is 11.5 Å². The quantitative estimate of drug-likeness (QED) is 0.747. The number of carbonyl (C=O) groups excluding carboxylic acids is 1. The van der Waals surface area contributed by atoms with E-state index in [0.29, 0.717) is 17.4 Å². The van der Waals surface area contributed by atoms with Crippen molar-refractivity contribution >= 4 is 11.4 Å². The van der Waals surface area contributed by atoms with E-state index in [4.69, 9.17) is 0 Å². The molecule has 3 nitrogen and oxygen atoms in total. The van der Waals surface area contributed by atoms with Crippen LogP contribution in [-0.2, 0) is 6.42 Å². The molecule has 0 bridgehead atoms. The summed E-state index contributed by atoms with van der Waals surface area (Å²) in [7, 11) is 0. The second-order valence-electron chi connectivity index (χ2n) is 7.59. The van der Waals surface area contributed by atoms with Crippen molar-refractivity contribution in [1.82, 2.24) is 4.90 Å². The highest BCUT2D eigenvalue weighted by atomic mass is 16.3. The smallest absolute Gasteiger partial charge is 0.163 e. The number of phenolic OH excluding ortho intramolecular Hbond substituents is 1. The standard InChI is InChI=1S/C21H31NO2/c1-14(2)15(3)10-18-11-21(24)20(17(5)23)12-19(18)16(4)13-22-8-6-7-9-22/h11-12,14-15,24H,4,6-10,13H2,1-3,5H3. The third kappa shape index (κ3) is 4.47. The van der Waals surface area contributed by atoms with Crippen molar-refractivity contribution in [3.8, 4) is 5.75 Å². The molecule has 1 unspecified atom stereocenters. The van der Waals surface area contributed by atoms with Crippen LogP contribution in [0.1, 0.15) is 62.0 Å². The Kier molecular flexibility index (Phi) is 6.22. The van der Waals surface area contributed by atoms with Crippen molar-refractivity contribution in [2.45, 2.75) is 47.0 Å². The number of likely N-dealkylation sites (tertiary alicyclic amines) is 1. The Labute approximate surface area is 146 Å². The van der Waals surface area contributed by atoms with Crippen molar-refractivity contribution in [2.75, 3.05) is 19.6 Å². The number of ketones is 1. The topological polar surface area (TPSA) is 40.5 Å². The first kappa shape index (κ1) is 18.7. The first-order valence-corrected chi connectivity index (χ1v) is 9.07.